The van der Waals surface area contributed by atoms with Crippen LogP contribution in [0.1, 0.15) is 49.4 Å². The zero-order valence-electron chi connectivity index (χ0n) is 12.8. The van der Waals surface area contributed by atoms with Crippen molar-refractivity contribution < 1.29 is 14.3 Å². The van der Waals surface area contributed by atoms with Crippen molar-refractivity contribution in [1.29, 1.82) is 0 Å². The van der Waals surface area contributed by atoms with Gasteiger partial charge in [0.1, 0.15) is 0 Å². The largest absolute Gasteiger partial charge is 0.449 e. The molecule has 1 atom stereocenters. The molecule has 5 heteroatoms. The second-order valence-corrected chi connectivity index (χ2v) is 7.05. The quantitative estimate of drug-likeness (QED) is 0.592. The first kappa shape index (κ1) is 17.2. The highest BCUT2D eigenvalue weighted by atomic mass is 127. The number of rotatable bonds is 5. The Labute approximate surface area is 145 Å². The summed E-state index contributed by atoms with van der Waals surface area (Å²) in [6, 6.07) is 7.09. The number of carbonyl (C=O) groups is 2. The Morgan fingerprint density at radius 2 is 1.86 bits per heavy atom. The van der Waals surface area contributed by atoms with E-state index >= 15 is 0 Å². The van der Waals surface area contributed by atoms with E-state index in [-0.39, 0.29) is 5.91 Å². The zero-order valence-corrected chi connectivity index (χ0v) is 15.0. The van der Waals surface area contributed by atoms with Gasteiger partial charge < -0.3 is 10.1 Å². The molecule has 1 aromatic rings. The van der Waals surface area contributed by atoms with E-state index in [4.69, 9.17) is 4.74 Å². The van der Waals surface area contributed by atoms with Crippen LogP contribution in [0, 0.1) is 9.49 Å². The zero-order chi connectivity index (χ0) is 15.9. The fourth-order valence-corrected chi connectivity index (χ4v) is 3.01. The SMILES string of the molecule is C[C@@H](OC(=O)c1ccc(I)cc1)C(=O)NCC1CCCCC1. The third-order valence-electron chi connectivity index (χ3n) is 4.02. The van der Waals surface area contributed by atoms with Gasteiger partial charge in [0.15, 0.2) is 6.10 Å². The number of ether oxygens (including phenoxy) is 1. The predicted molar refractivity (Wildman–Crippen MR) is 93.6 cm³/mol. The molecule has 1 aliphatic rings. The number of hydrogen-bond acceptors (Lipinski definition) is 3. The Morgan fingerprint density at radius 1 is 1.23 bits per heavy atom. The van der Waals surface area contributed by atoms with Crippen LogP contribution in [0.2, 0.25) is 0 Å². The van der Waals surface area contributed by atoms with Gasteiger partial charge in [0.05, 0.1) is 5.56 Å². The monoisotopic (exact) mass is 415 g/mol. The molecule has 0 radical (unpaired) electrons. The van der Waals surface area contributed by atoms with E-state index in [0.29, 0.717) is 18.0 Å². The summed E-state index contributed by atoms with van der Waals surface area (Å²) >= 11 is 2.17. The Bertz CT molecular complexity index is 509. The fourth-order valence-electron chi connectivity index (χ4n) is 2.65. The smallest absolute Gasteiger partial charge is 0.338 e. The van der Waals surface area contributed by atoms with Crippen molar-refractivity contribution in [3.8, 4) is 0 Å². The molecule has 120 valence electrons. The average Bonchev–Trinajstić information content (AvgIpc) is 2.54. The average molecular weight is 415 g/mol. The van der Waals surface area contributed by atoms with Gasteiger partial charge in [-0.05, 0) is 72.5 Å². The van der Waals surface area contributed by atoms with E-state index in [1.54, 1.807) is 19.1 Å². The van der Waals surface area contributed by atoms with Crippen molar-refractivity contribution in [2.45, 2.75) is 45.1 Å². The van der Waals surface area contributed by atoms with Crippen LogP contribution in [-0.2, 0) is 9.53 Å². The van der Waals surface area contributed by atoms with Crippen LogP contribution < -0.4 is 5.32 Å². The Balaban J connectivity index is 1.77. The molecule has 22 heavy (non-hydrogen) atoms. The van der Waals surface area contributed by atoms with Gasteiger partial charge in [-0.3, -0.25) is 4.79 Å². The third-order valence-corrected chi connectivity index (χ3v) is 4.74. The molecule has 4 nitrogen and oxygen atoms in total. The Kier molecular flexibility index (Phi) is 6.67. The lowest BCUT2D eigenvalue weighted by molar-refractivity contribution is -0.129. The molecule has 0 aliphatic heterocycles. The van der Waals surface area contributed by atoms with Gasteiger partial charge in [0, 0.05) is 10.1 Å². The summed E-state index contributed by atoms with van der Waals surface area (Å²) in [7, 11) is 0. The summed E-state index contributed by atoms with van der Waals surface area (Å²) < 4.78 is 6.27. The first-order valence-electron chi connectivity index (χ1n) is 7.80. The number of nitrogens with one attached hydrogen (secondary N) is 1. The van der Waals surface area contributed by atoms with Gasteiger partial charge in [-0.15, -0.1) is 0 Å². The maximum absolute atomic E-state index is 12.0. The standard InChI is InChI=1S/C17H22INO3/c1-12(16(20)19-11-13-5-3-2-4-6-13)22-17(21)14-7-9-15(18)10-8-14/h7-10,12-13H,2-6,11H2,1H3,(H,19,20)/t12-/m1/s1. The first-order chi connectivity index (χ1) is 10.6. The lowest BCUT2D eigenvalue weighted by Gasteiger charge is -2.22. The molecule has 0 heterocycles. The summed E-state index contributed by atoms with van der Waals surface area (Å²) in [5.74, 6) is -0.113. The van der Waals surface area contributed by atoms with Crippen molar-refractivity contribution in [3.05, 3.63) is 33.4 Å². The van der Waals surface area contributed by atoms with E-state index < -0.39 is 12.1 Å². The molecule has 1 fully saturated rings. The van der Waals surface area contributed by atoms with Crippen molar-refractivity contribution in [3.63, 3.8) is 0 Å². The van der Waals surface area contributed by atoms with Gasteiger partial charge in [-0.2, -0.15) is 0 Å². The maximum atomic E-state index is 12.0. The molecular formula is C17H22INO3. The van der Waals surface area contributed by atoms with Crippen molar-refractivity contribution >= 4 is 34.5 Å². The molecule has 0 bridgehead atoms. The van der Waals surface area contributed by atoms with Gasteiger partial charge in [0.2, 0.25) is 0 Å². The number of hydrogen-bond donors (Lipinski definition) is 1. The maximum Gasteiger partial charge on any atom is 0.338 e. The molecular weight excluding hydrogens is 393 g/mol. The Hall–Kier alpha value is -1.11. The van der Waals surface area contributed by atoms with Crippen molar-refractivity contribution in [1.82, 2.24) is 5.32 Å². The molecule has 0 aromatic heterocycles. The second kappa shape index (κ2) is 8.50. The molecule has 2 rings (SSSR count). The van der Waals surface area contributed by atoms with E-state index in [1.165, 1.54) is 32.1 Å². The second-order valence-electron chi connectivity index (χ2n) is 5.80. The van der Waals surface area contributed by atoms with Crippen molar-refractivity contribution in [2.75, 3.05) is 6.54 Å². The normalized spacial score (nSPS) is 16.8. The minimum Gasteiger partial charge on any atom is -0.449 e. The lowest BCUT2D eigenvalue weighted by Crippen LogP contribution is -2.38. The highest BCUT2D eigenvalue weighted by Gasteiger charge is 2.20. The highest BCUT2D eigenvalue weighted by Crippen LogP contribution is 2.22. The molecule has 0 saturated heterocycles. The number of esters is 1. The molecule has 1 amide bonds. The summed E-state index contributed by atoms with van der Waals surface area (Å²) in [5, 5.41) is 2.90. The summed E-state index contributed by atoms with van der Waals surface area (Å²) in [6.45, 7) is 2.30. The fraction of sp³-hybridized carbons (Fsp3) is 0.529. The minimum absolute atomic E-state index is 0.218. The van der Waals surface area contributed by atoms with Crippen LogP contribution in [0.4, 0.5) is 0 Å². The number of halogens is 1. The van der Waals surface area contributed by atoms with Crippen molar-refractivity contribution in [2.24, 2.45) is 5.92 Å². The molecule has 0 unspecified atom stereocenters. The van der Waals surface area contributed by atoms with Crippen LogP contribution in [-0.4, -0.2) is 24.5 Å². The van der Waals surface area contributed by atoms with E-state index in [2.05, 4.69) is 27.9 Å². The number of amides is 1. The topological polar surface area (TPSA) is 55.4 Å². The summed E-state index contributed by atoms with van der Waals surface area (Å²) in [6.07, 6.45) is 5.38. The summed E-state index contributed by atoms with van der Waals surface area (Å²) in [5.41, 5.74) is 0.465. The van der Waals surface area contributed by atoms with Crippen LogP contribution in [0.5, 0.6) is 0 Å². The van der Waals surface area contributed by atoms with E-state index in [1.807, 2.05) is 12.1 Å². The molecule has 1 N–H and O–H groups in total. The molecule has 1 aliphatic carbocycles. The predicted octanol–water partition coefficient (Wildman–Crippen LogP) is 3.53. The number of benzene rings is 1. The molecule has 1 saturated carbocycles. The van der Waals surface area contributed by atoms with Crippen LogP contribution >= 0.6 is 22.6 Å². The van der Waals surface area contributed by atoms with Crippen LogP contribution in [0.3, 0.4) is 0 Å². The highest BCUT2D eigenvalue weighted by molar-refractivity contribution is 14.1. The summed E-state index contributed by atoms with van der Waals surface area (Å²) in [4.78, 5) is 24.0. The molecule has 0 spiro atoms. The van der Waals surface area contributed by atoms with Gasteiger partial charge in [-0.1, -0.05) is 19.3 Å². The van der Waals surface area contributed by atoms with E-state index in [0.717, 1.165) is 3.57 Å². The Morgan fingerprint density at radius 3 is 2.50 bits per heavy atom. The van der Waals surface area contributed by atoms with Gasteiger partial charge >= 0.3 is 5.97 Å². The first-order valence-corrected chi connectivity index (χ1v) is 8.88. The molecule has 1 aromatic carbocycles. The van der Waals surface area contributed by atoms with Crippen LogP contribution in [0.15, 0.2) is 24.3 Å². The van der Waals surface area contributed by atoms with Gasteiger partial charge in [0.25, 0.3) is 5.91 Å². The van der Waals surface area contributed by atoms with Crippen LogP contribution in [0.25, 0.3) is 0 Å². The third kappa shape index (κ3) is 5.26. The van der Waals surface area contributed by atoms with E-state index in [9.17, 15) is 9.59 Å². The van der Waals surface area contributed by atoms with Gasteiger partial charge in [-0.25, -0.2) is 4.79 Å². The number of carbonyl (C=O) groups excluding carboxylic acids is 2. The minimum atomic E-state index is -0.768. The lowest BCUT2D eigenvalue weighted by atomic mass is 9.89.